The molecule has 0 aromatic rings. The molecule has 2 nitrogen and oxygen atoms in total. The van der Waals surface area contributed by atoms with Crippen LogP contribution >= 0.6 is 0 Å². The van der Waals surface area contributed by atoms with Crippen molar-refractivity contribution in [1.29, 1.82) is 0 Å². The van der Waals surface area contributed by atoms with E-state index in [9.17, 15) is 0 Å². The van der Waals surface area contributed by atoms with E-state index in [0.717, 1.165) is 18.9 Å². The molecule has 0 saturated heterocycles. The molecule has 0 aromatic heterocycles. The Morgan fingerprint density at radius 1 is 0.857 bits per heavy atom. The first-order valence-corrected chi connectivity index (χ1v) is 15.3. The van der Waals surface area contributed by atoms with Gasteiger partial charge in [-0.15, -0.1) is 0 Å². The van der Waals surface area contributed by atoms with Gasteiger partial charge in [-0.2, -0.15) is 0 Å². The average Bonchev–Trinajstić information content (AvgIpc) is 2.87. The molecule has 1 atom stereocenters. The SMILES string of the molecule is C=C/C=C(\C=C/NCCCCCCCCCCCC[N+]1=CCC(CCCCC)C=C1)CCCCC. The molecule has 0 spiro atoms. The highest BCUT2D eigenvalue weighted by Crippen LogP contribution is 2.17. The lowest BCUT2D eigenvalue weighted by atomic mass is 9.97. The van der Waals surface area contributed by atoms with Crippen LogP contribution in [0.4, 0.5) is 0 Å². The zero-order valence-corrected chi connectivity index (χ0v) is 23.6. The van der Waals surface area contributed by atoms with E-state index in [4.69, 9.17) is 0 Å². The molecular formula is C33H59N2+. The minimum atomic E-state index is 0.795. The molecule has 35 heavy (non-hydrogen) atoms. The van der Waals surface area contributed by atoms with Crippen LogP contribution in [0.2, 0.25) is 0 Å². The lowest BCUT2D eigenvalue weighted by Crippen LogP contribution is -2.15. The Bertz CT molecular complexity index is 611. The van der Waals surface area contributed by atoms with Gasteiger partial charge in [-0.1, -0.05) is 110 Å². The first kappa shape index (κ1) is 31.5. The van der Waals surface area contributed by atoms with Crippen LogP contribution in [0.1, 0.15) is 136 Å². The van der Waals surface area contributed by atoms with Gasteiger partial charge in [0.25, 0.3) is 0 Å². The predicted octanol–water partition coefficient (Wildman–Crippen LogP) is 9.88. The molecule has 1 aliphatic rings. The maximum atomic E-state index is 3.84. The van der Waals surface area contributed by atoms with Crippen molar-refractivity contribution in [1.82, 2.24) is 5.32 Å². The van der Waals surface area contributed by atoms with Gasteiger partial charge in [-0.3, -0.25) is 0 Å². The molecule has 1 aliphatic heterocycles. The highest BCUT2D eigenvalue weighted by Gasteiger charge is 2.12. The van der Waals surface area contributed by atoms with Gasteiger partial charge in [0.05, 0.1) is 0 Å². The average molecular weight is 484 g/mol. The summed E-state index contributed by atoms with van der Waals surface area (Å²) in [6.45, 7) is 10.7. The summed E-state index contributed by atoms with van der Waals surface area (Å²) in [6.07, 6.45) is 41.2. The first-order valence-electron chi connectivity index (χ1n) is 15.3. The number of nitrogens with zero attached hydrogens (tertiary/aromatic N) is 1. The van der Waals surface area contributed by atoms with Crippen molar-refractivity contribution < 1.29 is 4.58 Å². The molecule has 2 heteroatoms. The summed E-state index contributed by atoms with van der Waals surface area (Å²) >= 11 is 0. The van der Waals surface area contributed by atoms with Crippen LogP contribution in [-0.2, 0) is 0 Å². The summed E-state index contributed by atoms with van der Waals surface area (Å²) in [5, 5.41) is 3.47. The molecular weight excluding hydrogens is 424 g/mol. The van der Waals surface area contributed by atoms with Crippen molar-refractivity contribution in [2.75, 3.05) is 13.1 Å². The number of hydrogen-bond donors (Lipinski definition) is 1. The Kier molecular flexibility index (Phi) is 21.7. The molecule has 0 saturated carbocycles. The Morgan fingerprint density at radius 3 is 2.14 bits per heavy atom. The topological polar surface area (TPSA) is 15.0 Å². The molecule has 0 aliphatic carbocycles. The molecule has 0 fully saturated rings. The normalized spacial score (nSPS) is 16.1. The van der Waals surface area contributed by atoms with Gasteiger partial charge < -0.3 is 5.32 Å². The van der Waals surface area contributed by atoms with Crippen LogP contribution < -0.4 is 5.32 Å². The molecule has 1 heterocycles. The number of nitrogens with one attached hydrogen (secondary N) is 1. The predicted molar refractivity (Wildman–Crippen MR) is 158 cm³/mol. The fraction of sp³-hybridized carbons (Fsp3) is 0.727. The van der Waals surface area contributed by atoms with Crippen molar-refractivity contribution in [3.63, 3.8) is 0 Å². The lowest BCUT2D eigenvalue weighted by molar-refractivity contribution is -0.456. The second-order valence-corrected chi connectivity index (χ2v) is 10.5. The van der Waals surface area contributed by atoms with Crippen LogP contribution in [0.3, 0.4) is 0 Å². The minimum Gasteiger partial charge on any atom is -0.391 e. The summed E-state index contributed by atoms with van der Waals surface area (Å²) in [6, 6.07) is 0. The van der Waals surface area contributed by atoms with Crippen LogP contribution in [0.15, 0.2) is 48.9 Å². The van der Waals surface area contributed by atoms with Crippen LogP contribution in [-0.4, -0.2) is 23.9 Å². The fourth-order valence-corrected chi connectivity index (χ4v) is 4.82. The Labute approximate surface area is 219 Å². The third-order valence-electron chi connectivity index (χ3n) is 7.17. The largest absolute Gasteiger partial charge is 0.391 e. The summed E-state index contributed by atoms with van der Waals surface area (Å²) in [7, 11) is 0. The number of unbranched alkanes of at least 4 members (excludes halogenated alkanes) is 13. The van der Waals surface area contributed by atoms with E-state index in [1.54, 1.807) is 0 Å². The standard InChI is InChI=1S/C33H59N2/c1-4-7-17-22-32(21-6-3)24-28-34-27-19-15-13-11-9-10-12-14-16-20-29-35-30-25-33(26-31-35)23-18-8-5-2/h6,21,24-25,28,30-31,33-34H,3-5,7-20,22-23,26-27,29H2,1-2H3/q+1/b28-24-,32-21-. The molecule has 1 N–H and O–H groups in total. The van der Waals surface area contributed by atoms with Crippen molar-refractivity contribution in [2.24, 2.45) is 5.92 Å². The summed E-state index contributed by atoms with van der Waals surface area (Å²) in [5.41, 5.74) is 1.38. The highest BCUT2D eigenvalue weighted by atomic mass is 15.0. The molecule has 0 amide bonds. The van der Waals surface area contributed by atoms with E-state index in [2.05, 4.69) is 67.2 Å². The zero-order valence-electron chi connectivity index (χ0n) is 23.6. The summed E-state index contributed by atoms with van der Waals surface area (Å²) < 4.78 is 2.44. The summed E-state index contributed by atoms with van der Waals surface area (Å²) in [5.74, 6) is 0.795. The molecule has 200 valence electrons. The van der Waals surface area contributed by atoms with Gasteiger partial charge in [0.1, 0.15) is 12.8 Å². The molecule has 1 unspecified atom stereocenters. The van der Waals surface area contributed by atoms with Gasteiger partial charge in [0, 0.05) is 19.4 Å². The highest BCUT2D eigenvalue weighted by molar-refractivity contribution is 5.53. The van der Waals surface area contributed by atoms with Crippen LogP contribution in [0.25, 0.3) is 0 Å². The first-order chi connectivity index (χ1) is 17.3. The minimum absolute atomic E-state index is 0.795. The smallest absolute Gasteiger partial charge is 0.164 e. The third-order valence-corrected chi connectivity index (χ3v) is 7.17. The zero-order chi connectivity index (χ0) is 25.2. The summed E-state index contributed by atoms with van der Waals surface area (Å²) in [4.78, 5) is 0. The van der Waals surface area contributed by atoms with E-state index in [1.165, 1.54) is 128 Å². The van der Waals surface area contributed by atoms with E-state index >= 15 is 0 Å². The van der Waals surface area contributed by atoms with Crippen molar-refractivity contribution in [3.05, 3.63) is 48.9 Å². The van der Waals surface area contributed by atoms with Crippen LogP contribution in [0, 0.1) is 5.92 Å². The van der Waals surface area contributed by atoms with E-state index in [1.807, 2.05) is 6.08 Å². The van der Waals surface area contributed by atoms with Crippen molar-refractivity contribution in [2.45, 2.75) is 136 Å². The molecule has 1 rings (SSSR count). The molecule has 0 aromatic carbocycles. The van der Waals surface area contributed by atoms with Crippen molar-refractivity contribution >= 4 is 6.21 Å². The second kappa shape index (κ2) is 24.1. The monoisotopic (exact) mass is 483 g/mol. The van der Waals surface area contributed by atoms with Gasteiger partial charge >= 0.3 is 0 Å². The van der Waals surface area contributed by atoms with E-state index in [0.29, 0.717) is 0 Å². The molecule has 0 bridgehead atoms. The van der Waals surface area contributed by atoms with Crippen molar-refractivity contribution in [3.8, 4) is 0 Å². The van der Waals surface area contributed by atoms with Gasteiger partial charge in [0.2, 0.25) is 0 Å². The van der Waals surface area contributed by atoms with E-state index in [-0.39, 0.29) is 0 Å². The maximum absolute atomic E-state index is 3.84. The fourth-order valence-electron chi connectivity index (χ4n) is 4.82. The number of allylic oxidation sites excluding steroid dienone is 5. The molecule has 0 radical (unpaired) electrons. The number of rotatable bonds is 24. The van der Waals surface area contributed by atoms with Gasteiger partial charge in [-0.25, -0.2) is 4.58 Å². The Morgan fingerprint density at radius 2 is 1.51 bits per heavy atom. The third kappa shape index (κ3) is 19.3. The lowest BCUT2D eigenvalue weighted by Gasteiger charge is -2.12. The number of hydrogen-bond acceptors (Lipinski definition) is 1. The van der Waals surface area contributed by atoms with E-state index < -0.39 is 0 Å². The van der Waals surface area contributed by atoms with Gasteiger partial charge in [-0.05, 0) is 61.9 Å². The second-order valence-electron chi connectivity index (χ2n) is 10.5. The quantitative estimate of drug-likeness (QED) is 0.0819. The van der Waals surface area contributed by atoms with Crippen LogP contribution in [0.5, 0.6) is 0 Å². The van der Waals surface area contributed by atoms with Gasteiger partial charge in [0.15, 0.2) is 6.20 Å². The Balaban J connectivity index is 1.87. The Hall–Kier alpha value is -1.57. The maximum Gasteiger partial charge on any atom is 0.164 e.